The van der Waals surface area contributed by atoms with Crippen LogP contribution in [0.15, 0.2) is 22.7 Å². The molecule has 0 spiro atoms. The number of benzene rings is 1. The molecular formula is C15H20BrClN2O. The largest absolute Gasteiger partial charge is 0.381 e. The normalized spacial score (nSPS) is 11.3. The highest BCUT2D eigenvalue weighted by molar-refractivity contribution is 9.10. The van der Waals surface area contributed by atoms with Gasteiger partial charge in [0.05, 0.1) is 11.0 Å². The number of ether oxygens (including phenoxy) is 1. The van der Waals surface area contributed by atoms with Crippen molar-refractivity contribution in [3.05, 3.63) is 28.5 Å². The molecular weight excluding hydrogens is 340 g/mol. The lowest BCUT2D eigenvalue weighted by molar-refractivity contribution is 0.129. The Kier molecular flexibility index (Phi) is 6.33. The average molecular weight is 360 g/mol. The van der Waals surface area contributed by atoms with E-state index in [1.807, 2.05) is 12.1 Å². The second-order valence-corrected chi connectivity index (χ2v) is 6.01. The summed E-state index contributed by atoms with van der Waals surface area (Å²) in [6.45, 7) is 4.68. The van der Waals surface area contributed by atoms with Crippen LogP contribution in [-0.2, 0) is 17.7 Å². The van der Waals surface area contributed by atoms with E-state index in [-0.39, 0.29) is 0 Å². The van der Waals surface area contributed by atoms with Gasteiger partial charge in [-0.15, -0.1) is 11.6 Å². The Morgan fingerprint density at radius 1 is 1.35 bits per heavy atom. The van der Waals surface area contributed by atoms with Crippen LogP contribution < -0.4 is 0 Å². The van der Waals surface area contributed by atoms with Gasteiger partial charge in [0.2, 0.25) is 0 Å². The molecule has 0 aliphatic heterocycles. The quantitative estimate of drug-likeness (QED) is 0.516. The fourth-order valence-electron chi connectivity index (χ4n) is 2.24. The molecule has 0 fully saturated rings. The maximum atomic E-state index is 5.88. The Labute approximate surface area is 133 Å². The molecule has 2 rings (SSSR count). The van der Waals surface area contributed by atoms with Gasteiger partial charge < -0.3 is 9.30 Å². The van der Waals surface area contributed by atoms with E-state index in [1.165, 1.54) is 0 Å². The summed E-state index contributed by atoms with van der Waals surface area (Å²) in [5, 5.41) is 0. The number of imidazole rings is 1. The van der Waals surface area contributed by atoms with Gasteiger partial charge in [-0.05, 0) is 31.0 Å². The third-order valence-corrected chi connectivity index (χ3v) is 3.81. The van der Waals surface area contributed by atoms with Gasteiger partial charge in [-0.3, -0.25) is 0 Å². The highest BCUT2D eigenvalue weighted by Crippen LogP contribution is 2.22. The number of rotatable bonds is 8. The zero-order chi connectivity index (χ0) is 14.4. The summed E-state index contributed by atoms with van der Waals surface area (Å²) in [5.41, 5.74) is 2.19. The van der Waals surface area contributed by atoms with Crippen molar-refractivity contribution in [2.45, 2.75) is 32.7 Å². The van der Waals surface area contributed by atoms with Gasteiger partial charge in [0.1, 0.15) is 5.82 Å². The third kappa shape index (κ3) is 3.96. The molecule has 0 saturated heterocycles. The summed E-state index contributed by atoms with van der Waals surface area (Å²) in [5.74, 6) is 1.65. The molecule has 0 N–H and O–H groups in total. The molecule has 0 aliphatic carbocycles. The average Bonchev–Trinajstić information content (AvgIpc) is 2.76. The number of fused-ring (bicyclic) bond motifs is 1. The molecule has 1 aromatic carbocycles. The molecule has 0 atom stereocenters. The van der Waals surface area contributed by atoms with Crippen molar-refractivity contribution in [1.82, 2.24) is 9.55 Å². The molecule has 110 valence electrons. The highest BCUT2D eigenvalue weighted by atomic mass is 79.9. The predicted molar refractivity (Wildman–Crippen MR) is 87.6 cm³/mol. The van der Waals surface area contributed by atoms with Crippen LogP contribution >= 0.6 is 27.5 Å². The maximum absolute atomic E-state index is 5.88. The molecule has 0 unspecified atom stereocenters. The van der Waals surface area contributed by atoms with Gasteiger partial charge in [0.25, 0.3) is 0 Å². The zero-order valence-corrected chi connectivity index (χ0v) is 14.1. The summed E-state index contributed by atoms with van der Waals surface area (Å²) in [6.07, 6.45) is 2.86. The first-order chi connectivity index (χ1) is 9.76. The zero-order valence-electron chi connectivity index (χ0n) is 11.7. The van der Waals surface area contributed by atoms with Crippen molar-refractivity contribution in [2.75, 3.05) is 19.1 Å². The third-order valence-electron chi connectivity index (χ3n) is 3.13. The molecule has 0 radical (unpaired) electrons. The SMILES string of the molecule is CCCOCCCn1c(CCCl)nc2ccc(Br)cc21. The van der Waals surface area contributed by atoms with Gasteiger partial charge in [0, 0.05) is 36.5 Å². The minimum absolute atomic E-state index is 0.594. The molecule has 20 heavy (non-hydrogen) atoms. The number of alkyl halides is 1. The topological polar surface area (TPSA) is 27.1 Å². The Morgan fingerprint density at radius 2 is 2.20 bits per heavy atom. The Morgan fingerprint density at radius 3 is 2.95 bits per heavy atom. The summed E-state index contributed by atoms with van der Waals surface area (Å²) in [6, 6.07) is 6.18. The number of nitrogens with zero attached hydrogens (tertiary/aromatic N) is 2. The minimum atomic E-state index is 0.594. The van der Waals surface area contributed by atoms with E-state index in [0.717, 1.165) is 60.4 Å². The number of aromatic nitrogens is 2. The summed E-state index contributed by atoms with van der Waals surface area (Å²) < 4.78 is 8.88. The first kappa shape index (κ1) is 15.8. The first-order valence-corrected chi connectivity index (χ1v) is 8.37. The van der Waals surface area contributed by atoms with E-state index in [9.17, 15) is 0 Å². The second kappa shape index (κ2) is 8.01. The molecule has 2 aromatic rings. The molecule has 0 bridgehead atoms. The van der Waals surface area contributed by atoms with Crippen molar-refractivity contribution in [3.8, 4) is 0 Å². The van der Waals surface area contributed by atoms with Crippen molar-refractivity contribution >= 4 is 38.6 Å². The molecule has 0 saturated carbocycles. The lowest BCUT2D eigenvalue weighted by Gasteiger charge is -2.09. The van der Waals surface area contributed by atoms with Gasteiger partial charge >= 0.3 is 0 Å². The van der Waals surface area contributed by atoms with Gasteiger partial charge in [-0.1, -0.05) is 22.9 Å². The highest BCUT2D eigenvalue weighted by Gasteiger charge is 2.10. The van der Waals surface area contributed by atoms with Crippen LogP contribution in [-0.4, -0.2) is 28.6 Å². The lowest BCUT2D eigenvalue weighted by Crippen LogP contribution is -2.07. The molecule has 0 amide bonds. The van der Waals surface area contributed by atoms with Crippen LogP contribution in [0.3, 0.4) is 0 Å². The Balaban J connectivity index is 2.15. The number of hydrogen-bond donors (Lipinski definition) is 0. The van der Waals surface area contributed by atoms with Crippen LogP contribution in [0.2, 0.25) is 0 Å². The van der Waals surface area contributed by atoms with Gasteiger partial charge in [-0.2, -0.15) is 0 Å². The maximum Gasteiger partial charge on any atom is 0.111 e. The summed E-state index contributed by atoms with van der Waals surface area (Å²) in [7, 11) is 0. The Hall–Kier alpha value is -0.580. The van der Waals surface area contributed by atoms with E-state index >= 15 is 0 Å². The fraction of sp³-hybridized carbons (Fsp3) is 0.533. The standard InChI is InChI=1S/C15H20BrClN2O/c1-2-9-20-10-3-8-19-14-11-12(16)4-5-13(14)18-15(19)6-7-17/h4-5,11H,2-3,6-10H2,1H3. The van der Waals surface area contributed by atoms with E-state index in [4.69, 9.17) is 16.3 Å². The van der Waals surface area contributed by atoms with E-state index in [1.54, 1.807) is 0 Å². The second-order valence-electron chi connectivity index (χ2n) is 4.72. The molecule has 1 heterocycles. The van der Waals surface area contributed by atoms with Crippen molar-refractivity contribution < 1.29 is 4.74 Å². The monoisotopic (exact) mass is 358 g/mol. The molecule has 3 nitrogen and oxygen atoms in total. The van der Waals surface area contributed by atoms with Gasteiger partial charge in [-0.25, -0.2) is 4.98 Å². The lowest BCUT2D eigenvalue weighted by atomic mass is 10.3. The van der Waals surface area contributed by atoms with Crippen LogP contribution in [0.4, 0.5) is 0 Å². The van der Waals surface area contributed by atoms with Crippen LogP contribution in [0.25, 0.3) is 11.0 Å². The molecule has 0 aliphatic rings. The number of hydrogen-bond acceptors (Lipinski definition) is 2. The van der Waals surface area contributed by atoms with E-state index in [0.29, 0.717) is 5.88 Å². The first-order valence-electron chi connectivity index (χ1n) is 7.04. The minimum Gasteiger partial charge on any atom is -0.381 e. The van der Waals surface area contributed by atoms with Crippen LogP contribution in [0.5, 0.6) is 0 Å². The molecule has 1 aromatic heterocycles. The van der Waals surface area contributed by atoms with E-state index < -0.39 is 0 Å². The smallest absolute Gasteiger partial charge is 0.111 e. The predicted octanol–water partition coefficient (Wildman–Crippen LogP) is 4.40. The number of aryl methyl sites for hydroxylation is 2. The van der Waals surface area contributed by atoms with Crippen LogP contribution in [0, 0.1) is 0 Å². The van der Waals surface area contributed by atoms with Crippen molar-refractivity contribution in [3.63, 3.8) is 0 Å². The summed E-state index contributed by atoms with van der Waals surface area (Å²) in [4.78, 5) is 4.68. The number of halogens is 2. The Bertz CT molecular complexity index is 556. The fourth-order valence-corrected chi connectivity index (χ4v) is 2.76. The molecule has 5 heteroatoms. The van der Waals surface area contributed by atoms with Crippen molar-refractivity contribution in [2.24, 2.45) is 0 Å². The van der Waals surface area contributed by atoms with E-state index in [2.05, 4.69) is 38.5 Å². The van der Waals surface area contributed by atoms with Gasteiger partial charge in [0.15, 0.2) is 0 Å². The van der Waals surface area contributed by atoms with Crippen LogP contribution in [0.1, 0.15) is 25.6 Å². The van der Waals surface area contributed by atoms with Crippen molar-refractivity contribution in [1.29, 1.82) is 0 Å². The summed E-state index contributed by atoms with van der Waals surface area (Å²) >= 11 is 9.41.